The van der Waals surface area contributed by atoms with E-state index in [1.54, 1.807) is 34.6 Å². The second-order valence-corrected chi connectivity index (χ2v) is 9.34. The summed E-state index contributed by atoms with van der Waals surface area (Å²) < 4.78 is 40.6. The first-order valence-corrected chi connectivity index (χ1v) is 12.3. The van der Waals surface area contributed by atoms with Crippen molar-refractivity contribution in [2.45, 2.75) is 24.9 Å². The van der Waals surface area contributed by atoms with Gasteiger partial charge in [0.25, 0.3) is 0 Å². The number of methoxy groups -OCH3 is 4. The standard InChI is InChI=1S/C28H30N2O8/c1-30-11-10-15-19(14-6-9-18(33-3)29-12-14)26-27(37-13-36-26)25(35-5)20(15)22(30)23-16-7-8-17(32-2)24(34-4)21(16)28(31)38-23/h6-9,12,22-23,28,31H,10-11,13H2,1-5H3. The molecule has 3 unspecified atom stereocenters. The average molecular weight is 523 g/mol. The fourth-order valence-corrected chi connectivity index (χ4v) is 5.92. The Morgan fingerprint density at radius 3 is 2.39 bits per heavy atom. The molecule has 0 bridgehead atoms. The van der Waals surface area contributed by atoms with Crippen molar-refractivity contribution in [3.8, 4) is 45.8 Å². The van der Waals surface area contributed by atoms with E-state index in [-0.39, 0.29) is 12.8 Å². The highest BCUT2D eigenvalue weighted by Crippen LogP contribution is 2.59. The summed E-state index contributed by atoms with van der Waals surface area (Å²) in [7, 11) is 8.38. The van der Waals surface area contributed by atoms with Gasteiger partial charge in [-0.1, -0.05) is 6.07 Å². The summed E-state index contributed by atoms with van der Waals surface area (Å²) in [6, 6.07) is 7.25. The lowest BCUT2D eigenvalue weighted by Gasteiger charge is -2.40. The summed E-state index contributed by atoms with van der Waals surface area (Å²) in [5, 5.41) is 11.0. The maximum Gasteiger partial charge on any atom is 0.231 e. The van der Waals surface area contributed by atoms with Crippen LogP contribution in [0, 0.1) is 0 Å². The number of hydrogen-bond acceptors (Lipinski definition) is 10. The van der Waals surface area contributed by atoms with Gasteiger partial charge < -0.3 is 38.3 Å². The van der Waals surface area contributed by atoms with Crippen LogP contribution in [0.15, 0.2) is 30.5 Å². The number of nitrogens with zero attached hydrogens (tertiary/aromatic N) is 2. The molecule has 0 amide bonds. The molecule has 2 aromatic carbocycles. The van der Waals surface area contributed by atoms with Crippen LogP contribution in [0.2, 0.25) is 0 Å². The lowest BCUT2D eigenvalue weighted by molar-refractivity contribution is -0.142. The van der Waals surface area contributed by atoms with Crippen molar-refractivity contribution in [3.05, 3.63) is 52.7 Å². The minimum atomic E-state index is -1.18. The molecule has 1 aromatic heterocycles. The zero-order valence-electron chi connectivity index (χ0n) is 21.9. The van der Waals surface area contributed by atoms with E-state index in [0.29, 0.717) is 40.2 Å². The van der Waals surface area contributed by atoms with Gasteiger partial charge in [-0.05, 0) is 36.7 Å². The number of rotatable bonds is 6. The van der Waals surface area contributed by atoms with E-state index in [1.807, 2.05) is 31.3 Å². The molecule has 6 rings (SSSR count). The summed E-state index contributed by atoms with van der Waals surface area (Å²) in [5.74, 6) is 3.29. The predicted octanol–water partition coefficient (Wildman–Crippen LogP) is 3.80. The molecule has 0 saturated carbocycles. The predicted molar refractivity (Wildman–Crippen MR) is 136 cm³/mol. The number of hydrogen-bond donors (Lipinski definition) is 1. The molecule has 0 saturated heterocycles. The zero-order valence-corrected chi connectivity index (χ0v) is 21.9. The third kappa shape index (κ3) is 3.55. The molecule has 1 N–H and O–H groups in total. The van der Waals surface area contributed by atoms with Gasteiger partial charge in [0.05, 0.1) is 40.0 Å². The number of likely N-dealkylation sites (N-methyl/N-ethyl adjacent to an activating group) is 1. The van der Waals surface area contributed by atoms with E-state index < -0.39 is 12.4 Å². The Balaban J connectivity index is 1.57. The first-order valence-electron chi connectivity index (χ1n) is 12.3. The highest BCUT2D eigenvalue weighted by Gasteiger charge is 2.46. The second-order valence-electron chi connectivity index (χ2n) is 9.34. The molecule has 200 valence electrons. The van der Waals surface area contributed by atoms with Gasteiger partial charge in [0.1, 0.15) is 6.10 Å². The van der Waals surface area contributed by atoms with Crippen molar-refractivity contribution >= 4 is 0 Å². The van der Waals surface area contributed by atoms with E-state index in [0.717, 1.165) is 40.8 Å². The van der Waals surface area contributed by atoms with Crippen molar-refractivity contribution in [1.29, 1.82) is 0 Å². The summed E-state index contributed by atoms with van der Waals surface area (Å²) in [4.78, 5) is 6.65. The van der Waals surface area contributed by atoms with E-state index in [9.17, 15) is 5.11 Å². The van der Waals surface area contributed by atoms with Crippen LogP contribution in [0.3, 0.4) is 0 Å². The number of ether oxygens (including phenoxy) is 7. The van der Waals surface area contributed by atoms with Crippen LogP contribution in [-0.2, 0) is 11.2 Å². The maximum atomic E-state index is 11.0. The van der Waals surface area contributed by atoms with E-state index >= 15 is 0 Å². The third-order valence-corrected chi connectivity index (χ3v) is 7.57. The van der Waals surface area contributed by atoms with Gasteiger partial charge in [0.2, 0.25) is 18.4 Å². The van der Waals surface area contributed by atoms with E-state index in [2.05, 4.69) is 9.88 Å². The molecule has 0 fully saturated rings. The van der Waals surface area contributed by atoms with Gasteiger partial charge >= 0.3 is 0 Å². The number of aliphatic hydroxyl groups is 1. The highest BCUT2D eigenvalue weighted by atomic mass is 16.7. The Labute approximate surface area is 220 Å². The number of fused-ring (bicyclic) bond motifs is 3. The molecule has 0 radical (unpaired) electrons. The molecular weight excluding hydrogens is 492 g/mol. The molecule has 3 atom stereocenters. The van der Waals surface area contributed by atoms with Gasteiger partial charge in [-0.3, -0.25) is 4.90 Å². The van der Waals surface area contributed by atoms with Crippen LogP contribution < -0.4 is 28.4 Å². The monoisotopic (exact) mass is 522 g/mol. The van der Waals surface area contributed by atoms with Gasteiger partial charge in [0.15, 0.2) is 29.3 Å². The van der Waals surface area contributed by atoms with Crippen LogP contribution in [0.4, 0.5) is 0 Å². The Morgan fingerprint density at radius 1 is 0.921 bits per heavy atom. The van der Waals surface area contributed by atoms with E-state index in [1.165, 1.54) is 0 Å². The third-order valence-electron chi connectivity index (χ3n) is 7.57. The topological polar surface area (TPSA) is 101 Å². The molecule has 10 nitrogen and oxygen atoms in total. The molecule has 0 aliphatic carbocycles. The minimum Gasteiger partial charge on any atom is -0.493 e. The highest BCUT2D eigenvalue weighted by molar-refractivity contribution is 5.83. The molecular formula is C28H30N2O8. The molecule has 0 spiro atoms. The molecule has 38 heavy (non-hydrogen) atoms. The Hall–Kier alpha value is -3.73. The van der Waals surface area contributed by atoms with Gasteiger partial charge in [-0.2, -0.15) is 0 Å². The second kappa shape index (κ2) is 9.54. The van der Waals surface area contributed by atoms with Gasteiger partial charge in [-0.25, -0.2) is 4.98 Å². The SMILES string of the molecule is COc1ccc(-c2c3c(c(OC)c4c2OCO4)C(C2OC(O)c4c2ccc(OC)c4OC)N(C)CC3)cn1. The normalized spacial score (nSPS) is 21.6. The van der Waals surface area contributed by atoms with Crippen LogP contribution in [0.25, 0.3) is 11.1 Å². The van der Waals surface area contributed by atoms with Crippen molar-refractivity contribution in [2.75, 3.05) is 48.8 Å². The van der Waals surface area contributed by atoms with Crippen LogP contribution >= 0.6 is 0 Å². The van der Waals surface area contributed by atoms with Crippen LogP contribution in [0.5, 0.6) is 34.6 Å². The zero-order chi connectivity index (χ0) is 26.6. The number of benzene rings is 2. The Bertz CT molecular complexity index is 1380. The first kappa shape index (κ1) is 24.6. The van der Waals surface area contributed by atoms with Crippen molar-refractivity contribution in [1.82, 2.24) is 9.88 Å². The Kier molecular flexibility index (Phi) is 6.17. The summed E-state index contributed by atoms with van der Waals surface area (Å²) in [5.41, 5.74) is 5.18. The summed E-state index contributed by atoms with van der Waals surface area (Å²) in [6.07, 6.45) is 0.826. The number of pyridine rings is 1. The van der Waals surface area contributed by atoms with E-state index in [4.69, 9.17) is 33.2 Å². The first-order chi connectivity index (χ1) is 18.5. The Morgan fingerprint density at radius 2 is 1.71 bits per heavy atom. The van der Waals surface area contributed by atoms with Gasteiger partial charge in [-0.15, -0.1) is 0 Å². The summed E-state index contributed by atoms with van der Waals surface area (Å²) in [6.45, 7) is 0.833. The van der Waals surface area contributed by atoms with Gasteiger partial charge in [0, 0.05) is 35.5 Å². The molecule has 4 heterocycles. The molecule has 3 aliphatic heterocycles. The molecule has 3 aromatic rings. The quantitative estimate of drug-likeness (QED) is 0.514. The fraction of sp³-hybridized carbons (Fsp3) is 0.393. The fourth-order valence-electron chi connectivity index (χ4n) is 5.92. The lowest BCUT2D eigenvalue weighted by atomic mass is 9.81. The van der Waals surface area contributed by atoms with Crippen molar-refractivity contribution in [3.63, 3.8) is 0 Å². The minimum absolute atomic E-state index is 0.0874. The molecule has 10 heteroatoms. The average Bonchev–Trinajstić information content (AvgIpc) is 3.56. The largest absolute Gasteiger partial charge is 0.493 e. The molecule has 3 aliphatic rings. The lowest BCUT2D eigenvalue weighted by Crippen LogP contribution is -2.36. The summed E-state index contributed by atoms with van der Waals surface area (Å²) >= 11 is 0. The smallest absolute Gasteiger partial charge is 0.231 e. The maximum absolute atomic E-state index is 11.0. The van der Waals surface area contributed by atoms with Crippen molar-refractivity contribution < 1.29 is 38.3 Å². The van der Waals surface area contributed by atoms with Crippen molar-refractivity contribution in [2.24, 2.45) is 0 Å². The number of aromatic nitrogens is 1. The number of aliphatic hydroxyl groups excluding tert-OH is 1. The van der Waals surface area contributed by atoms with Crippen LogP contribution in [-0.4, -0.2) is 63.8 Å². The van der Waals surface area contributed by atoms with Crippen LogP contribution in [0.1, 0.15) is 40.7 Å².